The van der Waals surface area contributed by atoms with Crippen molar-refractivity contribution >= 4 is 34.1 Å². The van der Waals surface area contributed by atoms with Crippen molar-refractivity contribution in [2.75, 3.05) is 20.2 Å². The largest absolute Gasteiger partial charge is 0.497 e. The average molecular weight is 641 g/mol. The smallest absolute Gasteiger partial charge is 0.226 e. The number of carbonyl (C=O) groups excluding carboxylic acids is 2. The average Bonchev–Trinajstić information content (AvgIpc) is 3.86. The van der Waals surface area contributed by atoms with Crippen LogP contribution in [-0.2, 0) is 17.8 Å². The summed E-state index contributed by atoms with van der Waals surface area (Å²) in [5.74, 6) is 2.11. The molecule has 4 aromatic rings. The number of thiophene rings is 1. The third-order valence-electron chi connectivity index (χ3n) is 10.0. The van der Waals surface area contributed by atoms with E-state index >= 15 is 0 Å². The molecule has 2 aromatic carbocycles. The number of fused-ring (bicyclic) bond motifs is 3. The Balaban J connectivity index is 1.16. The third kappa shape index (κ3) is 6.79. The number of Topliss-reactive ketones (excluding diaryl/α,β-unsaturated/α-hetero) is 1. The van der Waals surface area contributed by atoms with Crippen molar-refractivity contribution in [3.05, 3.63) is 81.8 Å². The molecule has 0 spiro atoms. The van der Waals surface area contributed by atoms with Crippen LogP contribution in [0, 0.1) is 11.8 Å². The lowest BCUT2D eigenvalue weighted by molar-refractivity contribution is -0.138. The molecule has 4 heterocycles. The van der Waals surface area contributed by atoms with Gasteiger partial charge in [-0.3, -0.25) is 14.5 Å². The summed E-state index contributed by atoms with van der Waals surface area (Å²) in [4.78, 5) is 38.8. The van der Waals surface area contributed by atoms with Crippen LogP contribution in [0.3, 0.4) is 0 Å². The van der Waals surface area contributed by atoms with E-state index in [0.29, 0.717) is 30.0 Å². The van der Waals surface area contributed by atoms with Crippen LogP contribution in [0.1, 0.15) is 92.5 Å². The van der Waals surface area contributed by atoms with Crippen molar-refractivity contribution in [1.29, 1.82) is 0 Å². The van der Waals surface area contributed by atoms with E-state index in [-0.39, 0.29) is 30.1 Å². The van der Waals surface area contributed by atoms with Gasteiger partial charge in [0.2, 0.25) is 5.91 Å². The molecular weight excluding hydrogens is 593 g/mol. The number of benzene rings is 2. The molecule has 2 aromatic heterocycles. The number of imidazole rings is 1. The van der Waals surface area contributed by atoms with Crippen LogP contribution in [-0.4, -0.2) is 63.3 Å². The van der Waals surface area contributed by atoms with Gasteiger partial charge in [-0.15, -0.1) is 11.3 Å². The van der Waals surface area contributed by atoms with Gasteiger partial charge in [0.05, 0.1) is 18.1 Å². The van der Waals surface area contributed by atoms with Crippen LogP contribution in [0.15, 0.2) is 60.0 Å². The molecule has 8 heteroatoms. The summed E-state index contributed by atoms with van der Waals surface area (Å²) in [6, 6.07) is 19.4. The second-order valence-corrected chi connectivity index (χ2v) is 14.6. The monoisotopic (exact) mass is 640 g/mol. The maximum atomic E-state index is 14.1. The molecule has 0 N–H and O–H groups in total. The van der Waals surface area contributed by atoms with Gasteiger partial charge >= 0.3 is 0 Å². The molecule has 0 saturated carbocycles. The number of methoxy groups -OCH3 is 1. The number of likely N-dealkylation sites (tertiary alicyclic amines) is 2. The van der Waals surface area contributed by atoms with Crippen molar-refractivity contribution in [2.24, 2.45) is 11.8 Å². The molecule has 2 aliphatic heterocycles. The summed E-state index contributed by atoms with van der Waals surface area (Å²) in [5, 5.41) is 2.11. The van der Waals surface area contributed by atoms with E-state index in [0.717, 1.165) is 67.9 Å². The zero-order chi connectivity index (χ0) is 32.4. The highest BCUT2D eigenvalue weighted by molar-refractivity contribution is 7.09. The van der Waals surface area contributed by atoms with Crippen LogP contribution in [0.5, 0.6) is 5.75 Å². The maximum Gasteiger partial charge on any atom is 0.226 e. The summed E-state index contributed by atoms with van der Waals surface area (Å²) in [6.45, 7) is 11.2. The van der Waals surface area contributed by atoms with Gasteiger partial charge in [-0.05, 0) is 78.9 Å². The van der Waals surface area contributed by atoms with Crippen LogP contribution in [0.4, 0.5) is 0 Å². The van der Waals surface area contributed by atoms with Gasteiger partial charge in [0.15, 0.2) is 5.78 Å². The first-order chi connectivity index (χ1) is 22.3. The molecule has 0 radical (unpaired) electrons. The highest BCUT2D eigenvalue weighted by Gasteiger charge is 2.46. The second-order valence-electron chi connectivity index (χ2n) is 13.6. The molecule has 2 saturated heterocycles. The number of aromatic nitrogens is 2. The Labute approximate surface area is 277 Å². The SMILES string of the molecule is CCC(CC)n1c(Cc2cccs2)nc2cc(C(=O)C[C@@H](CC(C)C)C(=O)N3CC4CC3CN4Cc3ccc(OC)cc3)ccc21. The van der Waals surface area contributed by atoms with Gasteiger partial charge < -0.3 is 14.2 Å². The quantitative estimate of drug-likeness (QED) is 0.132. The van der Waals surface area contributed by atoms with Crippen molar-refractivity contribution in [2.45, 2.75) is 90.9 Å². The maximum absolute atomic E-state index is 14.1. The van der Waals surface area contributed by atoms with Crippen LogP contribution >= 0.6 is 11.3 Å². The van der Waals surface area contributed by atoms with Crippen LogP contribution < -0.4 is 4.74 Å². The lowest BCUT2D eigenvalue weighted by atomic mass is 9.89. The summed E-state index contributed by atoms with van der Waals surface area (Å²) < 4.78 is 7.69. The van der Waals surface area contributed by atoms with Gasteiger partial charge in [0, 0.05) is 67.0 Å². The summed E-state index contributed by atoms with van der Waals surface area (Å²) in [7, 11) is 1.69. The molecule has 6 rings (SSSR count). The number of hydrogen-bond donors (Lipinski definition) is 0. The van der Waals surface area contributed by atoms with Gasteiger partial charge in [-0.2, -0.15) is 0 Å². The minimum absolute atomic E-state index is 0.0308. The van der Waals surface area contributed by atoms with E-state index < -0.39 is 0 Å². The molecule has 2 unspecified atom stereocenters. The van der Waals surface area contributed by atoms with Crippen molar-refractivity contribution in [1.82, 2.24) is 19.4 Å². The van der Waals surface area contributed by atoms with Gasteiger partial charge in [0.1, 0.15) is 11.6 Å². The number of ether oxygens (including phenoxy) is 1. The Hall–Kier alpha value is -3.49. The van der Waals surface area contributed by atoms with E-state index in [9.17, 15) is 9.59 Å². The first-order valence-corrected chi connectivity index (χ1v) is 17.9. The molecule has 2 aliphatic rings. The van der Waals surface area contributed by atoms with Gasteiger partial charge in [-0.25, -0.2) is 4.98 Å². The zero-order valence-corrected chi connectivity index (χ0v) is 28.8. The van der Waals surface area contributed by atoms with E-state index in [2.05, 4.69) is 77.8 Å². The van der Waals surface area contributed by atoms with Gasteiger partial charge in [-0.1, -0.05) is 45.9 Å². The van der Waals surface area contributed by atoms with E-state index in [1.54, 1.807) is 18.4 Å². The Morgan fingerprint density at radius 3 is 2.43 bits per heavy atom. The fraction of sp³-hybridized carbons (Fsp3) is 0.500. The Morgan fingerprint density at radius 1 is 1.02 bits per heavy atom. The number of ketones is 1. The number of rotatable bonds is 14. The minimum atomic E-state index is -0.311. The molecule has 0 aliphatic carbocycles. The van der Waals surface area contributed by atoms with Crippen molar-refractivity contribution in [3.8, 4) is 5.75 Å². The molecule has 1 amide bonds. The molecule has 7 nitrogen and oxygen atoms in total. The Morgan fingerprint density at radius 2 is 1.80 bits per heavy atom. The third-order valence-corrected chi connectivity index (χ3v) is 10.9. The highest BCUT2D eigenvalue weighted by atomic mass is 32.1. The number of amides is 1. The fourth-order valence-electron chi connectivity index (χ4n) is 7.67. The predicted molar refractivity (Wildman–Crippen MR) is 186 cm³/mol. The topological polar surface area (TPSA) is 67.7 Å². The minimum Gasteiger partial charge on any atom is -0.497 e. The number of nitrogens with zero attached hydrogens (tertiary/aromatic N) is 4. The molecule has 46 heavy (non-hydrogen) atoms. The molecular formula is C38H48N4O3S. The highest BCUT2D eigenvalue weighted by Crippen LogP contribution is 2.35. The lowest BCUT2D eigenvalue weighted by Crippen LogP contribution is -2.50. The van der Waals surface area contributed by atoms with Crippen LogP contribution in [0.25, 0.3) is 11.0 Å². The molecule has 2 fully saturated rings. The summed E-state index contributed by atoms with van der Waals surface area (Å²) in [5.41, 5.74) is 3.86. The second kappa shape index (κ2) is 14.1. The molecule has 3 atom stereocenters. The Bertz CT molecular complexity index is 1640. The number of carbonyl (C=O) groups is 2. The van der Waals surface area contributed by atoms with E-state index in [1.807, 2.05) is 24.3 Å². The van der Waals surface area contributed by atoms with Crippen LogP contribution in [0.2, 0.25) is 0 Å². The first-order valence-electron chi connectivity index (χ1n) is 17.0. The first kappa shape index (κ1) is 32.5. The predicted octanol–water partition coefficient (Wildman–Crippen LogP) is 7.78. The van der Waals surface area contributed by atoms with Gasteiger partial charge in [0.25, 0.3) is 0 Å². The fourth-order valence-corrected chi connectivity index (χ4v) is 8.37. The molecule has 244 valence electrons. The van der Waals surface area contributed by atoms with Crippen molar-refractivity contribution in [3.63, 3.8) is 0 Å². The summed E-state index contributed by atoms with van der Waals surface area (Å²) >= 11 is 1.75. The number of hydrogen-bond acceptors (Lipinski definition) is 6. The van der Waals surface area contributed by atoms with Crippen molar-refractivity contribution < 1.29 is 14.3 Å². The van der Waals surface area contributed by atoms with E-state index in [4.69, 9.17) is 9.72 Å². The summed E-state index contributed by atoms with van der Waals surface area (Å²) in [6.07, 6.45) is 4.79. The zero-order valence-electron chi connectivity index (χ0n) is 27.9. The Kier molecular flexibility index (Phi) is 9.95. The lowest BCUT2D eigenvalue weighted by Gasteiger charge is -2.36. The normalized spacial score (nSPS) is 18.7. The van der Waals surface area contributed by atoms with E-state index in [1.165, 1.54) is 10.4 Å². The number of piperazine rings is 1. The molecule has 2 bridgehead atoms. The standard InChI is InChI=1S/C38H48N4O3S/c1-6-29(7-2)42-35-15-12-27(18-34(35)39-37(42)21-33-9-8-16-46-33)36(43)19-28(17-25(3)4)38(44)41-24-30-20-31(41)23-40(30)22-26-10-13-32(45-5)14-11-26/h8-16,18,25,28-31H,6-7,17,19-24H2,1-5H3/t28-,30?,31?/m1/s1.